The van der Waals surface area contributed by atoms with Gasteiger partial charge in [0.2, 0.25) is 0 Å². The molecule has 2 aromatic carbocycles. The van der Waals surface area contributed by atoms with E-state index in [-0.39, 0.29) is 24.0 Å². The molecule has 0 unspecified atom stereocenters. The molecule has 116 valence electrons. The standard InChI is InChI=1S/C18H15FN2O2/c1-12-4-2-3-5-14(12)10-16-17(22)21(18(23)20-16)11-13-6-8-15(19)9-7-13/h2-10H,11H2,1H3,(H,20,23)/b16-10-. The molecule has 0 radical (unpaired) electrons. The summed E-state index contributed by atoms with van der Waals surface area (Å²) in [5, 5.41) is 2.59. The van der Waals surface area contributed by atoms with Crippen LogP contribution in [0.5, 0.6) is 0 Å². The lowest BCUT2D eigenvalue weighted by atomic mass is 10.1. The van der Waals surface area contributed by atoms with Gasteiger partial charge in [-0.05, 0) is 41.8 Å². The van der Waals surface area contributed by atoms with Crippen molar-refractivity contribution in [2.45, 2.75) is 13.5 Å². The first-order chi connectivity index (χ1) is 11.0. The monoisotopic (exact) mass is 310 g/mol. The van der Waals surface area contributed by atoms with Crippen molar-refractivity contribution in [2.24, 2.45) is 0 Å². The van der Waals surface area contributed by atoms with Crippen LogP contribution in [-0.2, 0) is 11.3 Å². The number of halogens is 1. The second-order valence-corrected chi connectivity index (χ2v) is 5.36. The maximum atomic E-state index is 12.9. The van der Waals surface area contributed by atoms with Gasteiger partial charge < -0.3 is 5.32 Å². The molecule has 4 nitrogen and oxygen atoms in total. The Hall–Kier alpha value is -2.95. The zero-order valence-electron chi connectivity index (χ0n) is 12.5. The smallest absolute Gasteiger partial charge is 0.303 e. The highest BCUT2D eigenvalue weighted by Gasteiger charge is 2.33. The zero-order chi connectivity index (χ0) is 16.4. The third kappa shape index (κ3) is 3.13. The van der Waals surface area contributed by atoms with Crippen molar-refractivity contribution >= 4 is 18.0 Å². The van der Waals surface area contributed by atoms with Crippen LogP contribution in [0.25, 0.3) is 6.08 Å². The second-order valence-electron chi connectivity index (χ2n) is 5.36. The van der Waals surface area contributed by atoms with Crippen LogP contribution < -0.4 is 5.32 Å². The Morgan fingerprint density at radius 2 is 1.78 bits per heavy atom. The van der Waals surface area contributed by atoms with Crippen molar-refractivity contribution in [1.29, 1.82) is 0 Å². The number of carbonyl (C=O) groups excluding carboxylic acids is 2. The van der Waals surface area contributed by atoms with Gasteiger partial charge in [0.25, 0.3) is 5.91 Å². The van der Waals surface area contributed by atoms with Gasteiger partial charge in [-0.3, -0.25) is 9.69 Å². The third-order valence-electron chi connectivity index (χ3n) is 3.70. The molecule has 0 saturated carbocycles. The van der Waals surface area contributed by atoms with Crippen LogP contribution in [0, 0.1) is 12.7 Å². The average Bonchev–Trinajstić information content (AvgIpc) is 2.79. The van der Waals surface area contributed by atoms with E-state index in [9.17, 15) is 14.0 Å². The van der Waals surface area contributed by atoms with Gasteiger partial charge in [0.15, 0.2) is 0 Å². The summed E-state index contributed by atoms with van der Waals surface area (Å²) in [7, 11) is 0. The predicted molar refractivity (Wildman–Crippen MR) is 84.6 cm³/mol. The van der Waals surface area contributed by atoms with E-state index in [0.29, 0.717) is 5.56 Å². The van der Waals surface area contributed by atoms with E-state index in [1.807, 2.05) is 31.2 Å². The molecule has 23 heavy (non-hydrogen) atoms. The number of benzene rings is 2. The minimum absolute atomic E-state index is 0.107. The Labute approximate surface area is 133 Å². The number of aryl methyl sites for hydroxylation is 1. The van der Waals surface area contributed by atoms with Crippen molar-refractivity contribution in [3.63, 3.8) is 0 Å². The zero-order valence-corrected chi connectivity index (χ0v) is 12.5. The molecular formula is C18H15FN2O2. The van der Waals surface area contributed by atoms with Gasteiger partial charge in [0.1, 0.15) is 11.5 Å². The maximum absolute atomic E-state index is 12.9. The van der Waals surface area contributed by atoms with Crippen LogP contribution in [0.4, 0.5) is 9.18 Å². The average molecular weight is 310 g/mol. The largest absolute Gasteiger partial charge is 0.329 e. The number of carbonyl (C=O) groups is 2. The van der Waals surface area contributed by atoms with Gasteiger partial charge in [-0.25, -0.2) is 9.18 Å². The number of nitrogens with zero attached hydrogens (tertiary/aromatic N) is 1. The quantitative estimate of drug-likeness (QED) is 0.699. The second kappa shape index (κ2) is 6.04. The molecule has 5 heteroatoms. The highest BCUT2D eigenvalue weighted by molar-refractivity contribution is 6.13. The lowest BCUT2D eigenvalue weighted by Crippen LogP contribution is -2.30. The van der Waals surface area contributed by atoms with Crippen LogP contribution in [0.2, 0.25) is 0 Å². The number of nitrogens with one attached hydrogen (secondary N) is 1. The van der Waals surface area contributed by atoms with E-state index in [4.69, 9.17) is 0 Å². The number of amides is 3. The predicted octanol–water partition coefficient (Wildman–Crippen LogP) is 3.23. The van der Waals surface area contributed by atoms with Gasteiger partial charge in [0.05, 0.1) is 6.54 Å². The van der Waals surface area contributed by atoms with Crippen molar-refractivity contribution in [3.05, 3.63) is 76.7 Å². The molecular weight excluding hydrogens is 295 g/mol. The minimum Gasteiger partial charge on any atom is -0.303 e. The summed E-state index contributed by atoms with van der Waals surface area (Å²) < 4.78 is 12.9. The topological polar surface area (TPSA) is 49.4 Å². The number of urea groups is 1. The van der Waals surface area contributed by atoms with Crippen molar-refractivity contribution in [3.8, 4) is 0 Å². The Balaban J connectivity index is 1.82. The molecule has 1 N–H and O–H groups in total. The van der Waals surface area contributed by atoms with Crippen LogP contribution in [0.3, 0.4) is 0 Å². The number of rotatable bonds is 3. The first-order valence-corrected chi connectivity index (χ1v) is 7.19. The number of hydrogen-bond donors (Lipinski definition) is 1. The summed E-state index contributed by atoms with van der Waals surface area (Å²) >= 11 is 0. The Kier molecular flexibility index (Phi) is 3.93. The molecule has 0 aliphatic carbocycles. The molecule has 0 bridgehead atoms. The lowest BCUT2D eigenvalue weighted by molar-refractivity contribution is -0.123. The van der Waals surface area contributed by atoms with E-state index < -0.39 is 6.03 Å². The van der Waals surface area contributed by atoms with Gasteiger partial charge in [0, 0.05) is 0 Å². The molecule has 0 atom stereocenters. The van der Waals surface area contributed by atoms with Gasteiger partial charge >= 0.3 is 6.03 Å². The SMILES string of the molecule is Cc1ccccc1/C=C1\NC(=O)N(Cc2ccc(F)cc2)C1=O. The minimum atomic E-state index is -0.473. The maximum Gasteiger partial charge on any atom is 0.329 e. The van der Waals surface area contributed by atoms with E-state index >= 15 is 0 Å². The fraction of sp³-hybridized carbons (Fsp3) is 0.111. The molecule has 3 amide bonds. The Morgan fingerprint density at radius 1 is 1.09 bits per heavy atom. The van der Waals surface area contributed by atoms with Crippen molar-refractivity contribution in [1.82, 2.24) is 10.2 Å². The Bertz CT molecular complexity index is 797. The molecule has 3 rings (SSSR count). The normalized spacial score (nSPS) is 16.1. The van der Waals surface area contributed by atoms with Crippen molar-refractivity contribution in [2.75, 3.05) is 0 Å². The summed E-state index contributed by atoms with van der Waals surface area (Å²) in [5.74, 6) is -0.742. The molecule has 1 aliphatic heterocycles. The molecule has 0 spiro atoms. The summed E-state index contributed by atoms with van der Waals surface area (Å²) in [6.07, 6.45) is 1.67. The molecule has 2 aromatic rings. The number of hydrogen-bond acceptors (Lipinski definition) is 2. The summed E-state index contributed by atoms with van der Waals surface area (Å²) in [6, 6.07) is 12.8. The summed E-state index contributed by atoms with van der Waals surface area (Å²) in [5.41, 5.74) is 2.82. The van der Waals surface area contributed by atoms with Crippen molar-refractivity contribution < 1.29 is 14.0 Å². The molecule has 1 heterocycles. The molecule has 1 fully saturated rings. The van der Waals surface area contributed by atoms with Gasteiger partial charge in [-0.2, -0.15) is 0 Å². The molecule has 0 aromatic heterocycles. The van der Waals surface area contributed by atoms with E-state index in [2.05, 4.69) is 5.32 Å². The van der Waals surface area contributed by atoms with Crippen LogP contribution in [0.1, 0.15) is 16.7 Å². The fourth-order valence-corrected chi connectivity index (χ4v) is 2.39. The highest BCUT2D eigenvalue weighted by Crippen LogP contribution is 2.18. The molecule has 1 saturated heterocycles. The highest BCUT2D eigenvalue weighted by atomic mass is 19.1. The Morgan fingerprint density at radius 3 is 2.48 bits per heavy atom. The fourth-order valence-electron chi connectivity index (χ4n) is 2.39. The van der Waals surface area contributed by atoms with Crippen LogP contribution in [-0.4, -0.2) is 16.8 Å². The first-order valence-electron chi connectivity index (χ1n) is 7.19. The summed E-state index contributed by atoms with van der Waals surface area (Å²) in [6.45, 7) is 2.04. The van der Waals surface area contributed by atoms with E-state index in [1.54, 1.807) is 18.2 Å². The molecule has 1 aliphatic rings. The summed E-state index contributed by atoms with van der Waals surface area (Å²) in [4.78, 5) is 25.5. The first kappa shape index (κ1) is 15.0. The number of imide groups is 1. The van der Waals surface area contributed by atoms with Gasteiger partial charge in [-0.15, -0.1) is 0 Å². The van der Waals surface area contributed by atoms with E-state index in [1.165, 1.54) is 12.1 Å². The lowest BCUT2D eigenvalue weighted by Gasteiger charge is -2.11. The van der Waals surface area contributed by atoms with Gasteiger partial charge in [-0.1, -0.05) is 36.4 Å². The van der Waals surface area contributed by atoms with Crippen LogP contribution in [0.15, 0.2) is 54.2 Å². The van der Waals surface area contributed by atoms with E-state index in [0.717, 1.165) is 16.0 Å². The van der Waals surface area contributed by atoms with Crippen LogP contribution >= 0.6 is 0 Å². The third-order valence-corrected chi connectivity index (χ3v) is 3.70.